The molecule has 1 amide bonds. The van der Waals surface area contributed by atoms with Crippen LogP contribution in [0.25, 0.3) is 0 Å². The second kappa shape index (κ2) is 8.90. The van der Waals surface area contributed by atoms with Gasteiger partial charge in [0, 0.05) is 10.7 Å². The zero-order valence-corrected chi connectivity index (χ0v) is 18.6. The number of amides is 1. The SMILES string of the molecule is Cc1ccc(S(=O)(=O)N(CC(=O)Nc2ccc(C)cc2C)c2cccc(Cl)c2)cc1. The Morgan fingerprint density at radius 1 is 0.933 bits per heavy atom. The van der Waals surface area contributed by atoms with Crippen LogP contribution in [-0.4, -0.2) is 20.9 Å². The summed E-state index contributed by atoms with van der Waals surface area (Å²) < 4.78 is 27.8. The lowest BCUT2D eigenvalue weighted by Crippen LogP contribution is -2.38. The minimum absolute atomic E-state index is 0.104. The van der Waals surface area contributed by atoms with Crippen molar-refractivity contribution in [2.75, 3.05) is 16.2 Å². The molecule has 3 aromatic carbocycles. The lowest BCUT2D eigenvalue weighted by molar-refractivity contribution is -0.114. The third-order valence-corrected chi connectivity index (χ3v) is 6.67. The maximum absolute atomic E-state index is 13.4. The van der Waals surface area contributed by atoms with Gasteiger partial charge < -0.3 is 5.32 Å². The Bertz CT molecular complexity index is 1180. The summed E-state index contributed by atoms with van der Waals surface area (Å²) in [4.78, 5) is 12.9. The average molecular weight is 443 g/mol. The molecule has 0 aliphatic carbocycles. The van der Waals surface area contributed by atoms with Gasteiger partial charge in [-0.1, -0.05) is 53.1 Å². The first-order valence-electron chi connectivity index (χ1n) is 9.39. The van der Waals surface area contributed by atoms with Gasteiger partial charge >= 0.3 is 0 Å². The number of carbonyl (C=O) groups excluding carboxylic acids is 1. The van der Waals surface area contributed by atoms with E-state index in [1.165, 1.54) is 18.2 Å². The number of anilines is 2. The van der Waals surface area contributed by atoms with E-state index in [1.54, 1.807) is 36.4 Å². The van der Waals surface area contributed by atoms with Gasteiger partial charge in [-0.05, 0) is 62.7 Å². The molecular formula is C23H23ClN2O3S. The van der Waals surface area contributed by atoms with E-state index in [0.717, 1.165) is 21.0 Å². The van der Waals surface area contributed by atoms with Gasteiger partial charge in [0.25, 0.3) is 10.0 Å². The van der Waals surface area contributed by atoms with Crippen LogP contribution >= 0.6 is 11.6 Å². The van der Waals surface area contributed by atoms with Crippen LogP contribution in [-0.2, 0) is 14.8 Å². The van der Waals surface area contributed by atoms with Crippen molar-refractivity contribution < 1.29 is 13.2 Å². The molecule has 3 aromatic rings. The number of halogens is 1. The summed E-state index contributed by atoms with van der Waals surface area (Å²) in [5.41, 5.74) is 3.88. The topological polar surface area (TPSA) is 66.5 Å². The number of carbonyl (C=O) groups is 1. The van der Waals surface area contributed by atoms with Crippen LogP contribution < -0.4 is 9.62 Å². The molecular weight excluding hydrogens is 420 g/mol. The molecule has 0 heterocycles. The molecule has 30 heavy (non-hydrogen) atoms. The van der Waals surface area contributed by atoms with Crippen molar-refractivity contribution in [3.05, 3.63) is 88.4 Å². The smallest absolute Gasteiger partial charge is 0.264 e. The molecule has 0 aliphatic heterocycles. The summed E-state index contributed by atoms with van der Waals surface area (Å²) in [5.74, 6) is -0.447. The van der Waals surface area contributed by atoms with Gasteiger partial charge in [-0.25, -0.2) is 8.42 Å². The minimum Gasteiger partial charge on any atom is -0.324 e. The van der Waals surface area contributed by atoms with Crippen molar-refractivity contribution in [2.45, 2.75) is 25.7 Å². The van der Waals surface area contributed by atoms with Crippen molar-refractivity contribution in [2.24, 2.45) is 0 Å². The Hall–Kier alpha value is -2.83. The second-order valence-electron chi connectivity index (χ2n) is 7.17. The maximum Gasteiger partial charge on any atom is 0.264 e. The molecule has 0 aromatic heterocycles. The largest absolute Gasteiger partial charge is 0.324 e. The van der Waals surface area contributed by atoms with Crippen LogP contribution in [0, 0.1) is 20.8 Å². The van der Waals surface area contributed by atoms with Gasteiger partial charge in [-0.3, -0.25) is 9.10 Å². The Balaban J connectivity index is 1.95. The molecule has 156 valence electrons. The van der Waals surface area contributed by atoms with Crippen molar-refractivity contribution in [3.63, 3.8) is 0 Å². The first-order valence-corrected chi connectivity index (χ1v) is 11.2. The lowest BCUT2D eigenvalue weighted by atomic mass is 10.1. The highest BCUT2D eigenvalue weighted by Gasteiger charge is 2.27. The van der Waals surface area contributed by atoms with Gasteiger partial charge in [0.15, 0.2) is 0 Å². The van der Waals surface area contributed by atoms with Crippen LogP contribution in [0.2, 0.25) is 5.02 Å². The summed E-state index contributed by atoms with van der Waals surface area (Å²) >= 11 is 6.09. The first-order chi connectivity index (χ1) is 14.2. The van der Waals surface area contributed by atoms with Crippen LogP contribution in [0.1, 0.15) is 16.7 Å². The number of rotatable bonds is 6. The average Bonchev–Trinajstić information content (AvgIpc) is 2.68. The number of sulfonamides is 1. The van der Waals surface area contributed by atoms with E-state index in [-0.39, 0.29) is 11.4 Å². The number of hydrogen-bond donors (Lipinski definition) is 1. The molecule has 5 nitrogen and oxygen atoms in total. The Kier molecular flexibility index (Phi) is 6.48. The summed E-state index contributed by atoms with van der Waals surface area (Å²) in [7, 11) is -3.98. The number of hydrogen-bond acceptors (Lipinski definition) is 3. The molecule has 7 heteroatoms. The van der Waals surface area contributed by atoms with E-state index in [1.807, 2.05) is 32.9 Å². The van der Waals surface area contributed by atoms with E-state index in [9.17, 15) is 13.2 Å². The zero-order valence-electron chi connectivity index (χ0n) is 17.0. The first kappa shape index (κ1) is 21.9. The van der Waals surface area contributed by atoms with Crippen molar-refractivity contribution >= 4 is 38.9 Å². The predicted octanol–water partition coefficient (Wildman–Crippen LogP) is 5.10. The lowest BCUT2D eigenvalue weighted by Gasteiger charge is -2.24. The molecule has 0 bridgehead atoms. The maximum atomic E-state index is 13.4. The van der Waals surface area contributed by atoms with Gasteiger partial charge in [0.1, 0.15) is 6.54 Å². The number of nitrogens with zero attached hydrogens (tertiary/aromatic N) is 1. The molecule has 0 saturated heterocycles. The minimum atomic E-state index is -3.98. The second-order valence-corrected chi connectivity index (χ2v) is 9.47. The van der Waals surface area contributed by atoms with E-state index in [4.69, 9.17) is 11.6 Å². The van der Waals surface area contributed by atoms with Crippen molar-refractivity contribution in [1.29, 1.82) is 0 Å². The molecule has 0 spiro atoms. The van der Waals surface area contributed by atoms with Crippen LogP contribution in [0.15, 0.2) is 71.6 Å². The van der Waals surface area contributed by atoms with Gasteiger partial charge in [0.2, 0.25) is 5.91 Å². The summed E-state index contributed by atoms with van der Waals surface area (Å²) in [5, 5.41) is 3.19. The van der Waals surface area contributed by atoms with Crippen molar-refractivity contribution in [1.82, 2.24) is 0 Å². The van der Waals surface area contributed by atoms with E-state index in [0.29, 0.717) is 16.4 Å². The number of nitrogens with one attached hydrogen (secondary N) is 1. The summed E-state index contributed by atoms with van der Waals surface area (Å²) in [6, 6.07) is 18.6. The Morgan fingerprint density at radius 3 is 2.23 bits per heavy atom. The fourth-order valence-corrected chi connectivity index (χ4v) is 4.66. The molecule has 0 saturated carbocycles. The molecule has 0 unspecified atom stereocenters. The standard InChI is InChI=1S/C23H23ClN2O3S/c1-16-7-10-21(11-8-16)30(28,29)26(20-6-4-5-19(24)14-20)15-23(27)25-22-12-9-17(2)13-18(22)3/h4-14H,15H2,1-3H3,(H,25,27). The number of benzene rings is 3. The number of aryl methyl sites for hydroxylation is 3. The molecule has 1 N–H and O–H groups in total. The molecule has 0 aliphatic rings. The van der Waals surface area contributed by atoms with E-state index >= 15 is 0 Å². The monoisotopic (exact) mass is 442 g/mol. The highest BCUT2D eigenvalue weighted by Crippen LogP contribution is 2.26. The van der Waals surface area contributed by atoms with Crippen LogP contribution in [0.5, 0.6) is 0 Å². The third kappa shape index (κ3) is 5.01. The fraction of sp³-hybridized carbons (Fsp3) is 0.174. The van der Waals surface area contributed by atoms with Crippen LogP contribution in [0.3, 0.4) is 0 Å². The van der Waals surface area contributed by atoms with Gasteiger partial charge in [0.05, 0.1) is 10.6 Å². The molecule has 3 rings (SSSR count). The zero-order chi connectivity index (χ0) is 21.9. The predicted molar refractivity (Wildman–Crippen MR) is 122 cm³/mol. The van der Waals surface area contributed by atoms with Gasteiger partial charge in [-0.2, -0.15) is 0 Å². The highest BCUT2D eigenvalue weighted by atomic mass is 35.5. The summed E-state index contributed by atoms with van der Waals surface area (Å²) in [6.07, 6.45) is 0. The Morgan fingerprint density at radius 2 is 1.60 bits per heavy atom. The Labute approximate surface area is 182 Å². The molecule has 0 fully saturated rings. The summed E-state index contributed by atoms with van der Waals surface area (Å²) in [6.45, 7) is 5.35. The normalized spacial score (nSPS) is 11.2. The fourth-order valence-electron chi connectivity index (χ4n) is 3.06. The van der Waals surface area contributed by atoms with Crippen molar-refractivity contribution in [3.8, 4) is 0 Å². The molecule has 0 atom stereocenters. The van der Waals surface area contributed by atoms with Gasteiger partial charge in [-0.15, -0.1) is 0 Å². The third-order valence-electron chi connectivity index (χ3n) is 4.65. The highest BCUT2D eigenvalue weighted by molar-refractivity contribution is 7.92. The quantitative estimate of drug-likeness (QED) is 0.577. The van der Waals surface area contributed by atoms with E-state index in [2.05, 4.69) is 5.32 Å². The van der Waals surface area contributed by atoms with E-state index < -0.39 is 15.9 Å². The molecule has 0 radical (unpaired) electrons. The van der Waals surface area contributed by atoms with Crippen LogP contribution in [0.4, 0.5) is 11.4 Å².